The van der Waals surface area contributed by atoms with Crippen molar-refractivity contribution in [3.63, 3.8) is 0 Å². The van der Waals surface area contributed by atoms with Crippen LogP contribution in [0.3, 0.4) is 0 Å². The van der Waals surface area contributed by atoms with Gasteiger partial charge in [0.15, 0.2) is 0 Å². The van der Waals surface area contributed by atoms with Gasteiger partial charge in [0.2, 0.25) is 0 Å². The van der Waals surface area contributed by atoms with E-state index in [1.807, 2.05) is 13.8 Å². The average molecular weight is 231 g/mol. The Hall–Kier alpha value is -1.00. The van der Waals surface area contributed by atoms with Crippen molar-refractivity contribution in [2.45, 2.75) is 19.9 Å². The Labute approximate surface area is 93.6 Å². The number of H-pyrrole nitrogens is 1. The summed E-state index contributed by atoms with van der Waals surface area (Å²) in [5.41, 5.74) is 0.428. The zero-order valence-electron chi connectivity index (χ0n) is 8.75. The number of hydrogen-bond acceptors (Lipinski definition) is 2. The van der Waals surface area contributed by atoms with Crippen LogP contribution >= 0.6 is 11.6 Å². The Bertz CT molecular complexity index is 338. The summed E-state index contributed by atoms with van der Waals surface area (Å²) in [4.78, 5) is 14.4. The molecule has 2 atom stereocenters. The monoisotopic (exact) mass is 230 g/mol. The predicted octanol–water partition coefficient (Wildman–Crippen LogP) is 1.41. The third kappa shape index (κ3) is 3.25. The second kappa shape index (κ2) is 5.19. The molecule has 2 unspecified atom stereocenters. The zero-order valence-corrected chi connectivity index (χ0v) is 9.51. The van der Waals surface area contributed by atoms with Gasteiger partial charge in [-0.15, -0.1) is 0 Å². The molecule has 3 N–H and O–H groups in total. The summed E-state index contributed by atoms with van der Waals surface area (Å²) in [5, 5.41) is 12.2. The summed E-state index contributed by atoms with van der Waals surface area (Å²) in [6.45, 7) is 3.77. The number of rotatable bonds is 4. The van der Waals surface area contributed by atoms with E-state index in [4.69, 9.17) is 16.7 Å². The van der Waals surface area contributed by atoms with E-state index in [1.165, 1.54) is 0 Å². The summed E-state index contributed by atoms with van der Waals surface area (Å²) in [6.07, 6.45) is 1.55. The Kier molecular flexibility index (Phi) is 4.17. The Balaban J connectivity index is 2.56. The van der Waals surface area contributed by atoms with Crippen LogP contribution in [0.1, 0.15) is 24.3 Å². The van der Waals surface area contributed by atoms with E-state index >= 15 is 0 Å². The van der Waals surface area contributed by atoms with Crippen molar-refractivity contribution in [3.8, 4) is 0 Å². The number of nitrogens with one attached hydrogen (secondary N) is 2. The minimum atomic E-state index is -0.213. The van der Waals surface area contributed by atoms with Gasteiger partial charge < -0.3 is 15.4 Å². The molecule has 0 saturated carbocycles. The van der Waals surface area contributed by atoms with Crippen LogP contribution in [0.25, 0.3) is 0 Å². The summed E-state index contributed by atoms with van der Waals surface area (Å²) < 4.78 is 0. The average Bonchev–Trinajstić information content (AvgIpc) is 2.63. The van der Waals surface area contributed by atoms with E-state index in [2.05, 4.69) is 10.3 Å². The Morgan fingerprint density at radius 3 is 2.80 bits per heavy atom. The number of hydrogen-bond donors (Lipinski definition) is 3. The van der Waals surface area contributed by atoms with Crippen molar-refractivity contribution in [2.75, 3.05) is 6.61 Å². The fourth-order valence-corrected chi connectivity index (χ4v) is 1.25. The lowest BCUT2D eigenvalue weighted by atomic mass is 10.1. The molecule has 0 aliphatic rings. The molecule has 0 aliphatic heterocycles. The molecular weight excluding hydrogens is 216 g/mol. The SMILES string of the molecule is CC(CO)C(C)NC(=O)c1cc(Cl)c[nH]1. The first kappa shape index (κ1) is 12.1. The molecule has 0 aromatic carbocycles. The highest BCUT2D eigenvalue weighted by atomic mass is 35.5. The normalized spacial score (nSPS) is 14.7. The zero-order chi connectivity index (χ0) is 11.4. The molecule has 1 aromatic rings. The van der Waals surface area contributed by atoms with Gasteiger partial charge >= 0.3 is 0 Å². The van der Waals surface area contributed by atoms with Crippen LogP contribution in [0.5, 0.6) is 0 Å². The topological polar surface area (TPSA) is 65.1 Å². The molecule has 4 nitrogen and oxygen atoms in total. The van der Waals surface area contributed by atoms with E-state index in [-0.39, 0.29) is 24.5 Å². The second-order valence-electron chi connectivity index (χ2n) is 3.65. The summed E-state index contributed by atoms with van der Waals surface area (Å²) in [7, 11) is 0. The maximum Gasteiger partial charge on any atom is 0.267 e. The minimum absolute atomic E-state index is 0.0272. The van der Waals surface area contributed by atoms with Crippen LogP contribution in [0.15, 0.2) is 12.3 Å². The van der Waals surface area contributed by atoms with Gasteiger partial charge in [-0.25, -0.2) is 0 Å². The first-order valence-electron chi connectivity index (χ1n) is 4.80. The van der Waals surface area contributed by atoms with Crippen LogP contribution in [0.4, 0.5) is 0 Å². The van der Waals surface area contributed by atoms with E-state index in [9.17, 15) is 4.79 Å². The standard InChI is InChI=1S/C10H15ClN2O2/c1-6(5-14)7(2)13-10(15)9-3-8(11)4-12-9/h3-4,6-7,12,14H,5H2,1-2H3,(H,13,15). The first-order chi connectivity index (χ1) is 7.04. The molecule has 1 aromatic heterocycles. The highest BCUT2D eigenvalue weighted by molar-refractivity contribution is 6.30. The molecule has 1 rings (SSSR count). The number of aliphatic hydroxyl groups excluding tert-OH is 1. The van der Waals surface area contributed by atoms with Crippen molar-refractivity contribution in [2.24, 2.45) is 5.92 Å². The van der Waals surface area contributed by atoms with Gasteiger partial charge in [-0.2, -0.15) is 0 Å². The lowest BCUT2D eigenvalue weighted by Gasteiger charge is -2.18. The van der Waals surface area contributed by atoms with Gasteiger partial charge in [-0.05, 0) is 18.9 Å². The number of halogens is 1. The van der Waals surface area contributed by atoms with Crippen molar-refractivity contribution in [1.29, 1.82) is 0 Å². The predicted molar refractivity (Wildman–Crippen MR) is 59.0 cm³/mol. The number of aromatic nitrogens is 1. The molecule has 0 radical (unpaired) electrons. The fourth-order valence-electron chi connectivity index (χ4n) is 1.08. The molecule has 0 spiro atoms. The number of aromatic amines is 1. The first-order valence-corrected chi connectivity index (χ1v) is 5.18. The van der Waals surface area contributed by atoms with Gasteiger partial charge in [-0.1, -0.05) is 18.5 Å². The summed E-state index contributed by atoms with van der Waals surface area (Å²) >= 11 is 5.68. The Morgan fingerprint density at radius 1 is 1.67 bits per heavy atom. The number of amides is 1. The van der Waals surface area contributed by atoms with Crippen LogP contribution in [0, 0.1) is 5.92 Å². The van der Waals surface area contributed by atoms with Crippen LogP contribution in [0.2, 0.25) is 5.02 Å². The van der Waals surface area contributed by atoms with Crippen LogP contribution in [-0.4, -0.2) is 28.6 Å². The van der Waals surface area contributed by atoms with Crippen molar-refractivity contribution < 1.29 is 9.90 Å². The van der Waals surface area contributed by atoms with E-state index < -0.39 is 0 Å². The molecule has 84 valence electrons. The minimum Gasteiger partial charge on any atom is -0.396 e. The largest absolute Gasteiger partial charge is 0.396 e. The summed E-state index contributed by atoms with van der Waals surface area (Å²) in [5.74, 6) is -0.186. The lowest BCUT2D eigenvalue weighted by Crippen LogP contribution is -2.38. The highest BCUT2D eigenvalue weighted by Gasteiger charge is 2.15. The Morgan fingerprint density at radius 2 is 2.33 bits per heavy atom. The molecular formula is C10H15ClN2O2. The quantitative estimate of drug-likeness (QED) is 0.733. The van der Waals surface area contributed by atoms with Crippen molar-refractivity contribution in [3.05, 3.63) is 23.0 Å². The smallest absolute Gasteiger partial charge is 0.267 e. The second-order valence-corrected chi connectivity index (χ2v) is 4.09. The van der Waals surface area contributed by atoms with E-state index in [1.54, 1.807) is 12.3 Å². The third-order valence-electron chi connectivity index (χ3n) is 2.39. The van der Waals surface area contributed by atoms with Crippen LogP contribution in [-0.2, 0) is 0 Å². The van der Waals surface area contributed by atoms with E-state index in [0.717, 1.165) is 0 Å². The fraction of sp³-hybridized carbons (Fsp3) is 0.500. The number of carbonyl (C=O) groups excluding carboxylic acids is 1. The molecule has 0 bridgehead atoms. The van der Waals surface area contributed by atoms with Crippen molar-refractivity contribution in [1.82, 2.24) is 10.3 Å². The molecule has 0 aliphatic carbocycles. The van der Waals surface area contributed by atoms with Gasteiger partial charge in [0.25, 0.3) is 5.91 Å². The molecule has 0 saturated heterocycles. The maximum atomic E-state index is 11.6. The molecule has 0 fully saturated rings. The molecule has 5 heteroatoms. The van der Waals surface area contributed by atoms with E-state index in [0.29, 0.717) is 10.7 Å². The summed E-state index contributed by atoms with van der Waals surface area (Å²) in [6, 6.07) is 1.48. The van der Waals surface area contributed by atoms with Crippen LogP contribution < -0.4 is 5.32 Å². The number of aliphatic hydroxyl groups is 1. The van der Waals surface area contributed by atoms with Gasteiger partial charge in [0.1, 0.15) is 5.69 Å². The molecule has 1 heterocycles. The highest BCUT2D eigenvalue weighted by Crippen LogP contribution is 2.10. The maximum absolute atomic E-state index is 11.6. The lowest BCUT2D eigenvalue weighted by molar-refractivity contribution is 0.0912. The molecule has 1 amide bonds. The van der Waals surface area contributed by atoms with Gasteiger partial charge in [0, 0.05) is 18.8 Å². The van der Waals surface area contributed by atoms with Gasteiger partial charge in [0.05, 0.1) is 5.02 Å². The van der Waals surface area contributed by atoms with Gasteiger partial charge in [-0.3, -0.25) is 4.79 Å². The molecule has 15 heavy (non-hydrogen) atoms. The van der Waals surface area contributed by atoms with Crippen molar-refractivity contribution >= 4 is 17.5 Å². The third-order valence-corrected chi connectivity index (χ3v) is 2.61. The number of carbonyl (C=O) groups is 1.